The van der Waals surface area contributed by atoms with Gasteiger partial charge in [-0.05, 0) is 24.1 Å². The van der Waals surface area contributed by atoms with Crippen LogP contribution in [0.5, 0.6) is 0 Å². The average Bonchev–Trinajstić information content (AvgIpc) is 2.63. The van der Waals surface area contributed by atoms with Crippen molar-refractivity contribution in [2.24, 2.45) is 5.73 Å². The van der Waals surface area contributed by atoms with Gasteiger partial charge in [-0.3, -0.25) is 9.69 Å². The first kappa shape index (κ1) is 12.4. The molecule has 1 fully saturated rings. The molecule has 4 nitrogen and oxygen atoms in total. The van der Waals surface area contributed by atoms with E-state index < -0.39 is 6.10 Å². The SMILES string of the molecule is NC(=O)[C@H]1C[C@@H](O)CN1Cc1ccc(Cl)cc1. The van der Waals surface area contributed by atoms with Gasteiger partial charge in [-0.25, -0.2) is 0 Å². The van der Waals surface area contributed by atoms with Gasteiger partial charge in [0.15, 0.2) is 0 Å². The Morgan fingerprint density at radius 3 is 2.71 bits per heavy atom. The van der Waals surface area contributed by atoms with Crippen LogP contribution in [0.1, 0.15) is 12.0 Å². The summed E-state index contributed by atoms with van der Waals surface area (Å²) in [6.45, 7) is 1.08. The van der Waals surface area contributed by atoms with Crippen LogP contribution in [0.4, 0.5) is 0 Å². The summed E-state index contributed by atoms with van der Waals surface area (Å²) in [6, 6.07) is 7.06. The van der Waals surface area contributed by atoms with E-state index in [1.165, 1.54) is 0 Å². The standard InChI is InChI=1S/C12H15ClN2O2/c13-9-3-1-8(2-4-9)6-15-7-10(16)5-11(15)12(14)17/h1-4,10-11,16H,5-7H2,(H2,14,17)/t10-,11-/m1/s1. The number of hydrogen-bond acceptors (Lipinski definition) is 3. The molecule has 1 aromatic carbocycles. The van der Waals surface area contributed by atoms with Crippen LogP contribution < -0.4 is 5.73 Å². The van der Waals surface area contributed by atoms with Crippen molar-refractivity contribution in [2.75, 3.05) is 6.54 Å². The van der Waals surface area contributed by atoms with Gasteiger partial charge in [0, 0.05) is 18.1 Å². The van der Waals surface area contributed by atoms with Crippen molar-refractivity contribution in [1.29, 1.82) is 0 Å². The maximum Gasteiger partial charge on any atom is 0.234 e. The number of primary amides is 1. The minimum atomic E-state index is -0.472. The predicted molar refractivity (Wildman–Crippen MR) is 65.5 cm³/mol. The number of aliphatic hydroxyl groups is 1. The summed E-state index contributed by atoms with van der Waals surface area (Å²) in [4.78, 5) is 13.1. The number of halogens is 1. The smallest absolute Gasteiger partial charge is 0.234 e. The molecule has 1 saturated heterocycles. The summed E-state index contributed by atoms with van der Waals surface area (Å²) >= 11 is 5.80. The summed E-state index contributed by atoms with van der Waals surface area (Å²) in [5.74, 6) is -0.379. The van der Waals surface area contributed by atoms with E-state index in [1.807, 2.05) is 29.2 Å². The number of carbonyl (C=O) groups is 1. The van der Waals surface area contributed by atoms with Gasteiger partial charge in [0.05, 0.1) is 12.1 Å². The molecule has 1 amide bonds. The number of hydrogen-bond donors (Lipinski definition) is 2. The Hall–Kier alpha value is -1.10. The molecule has 1 aliphatic rings. The Morgan fingerprint density at radius 1 is 1.47 bits per heavy atom. The van der Waals surface area contributed by atoms with Gasteiger partial charge in [0.25, 0.3) is 0 Å². The fourth-order valence-electron chi connectivity index (χ4n) is 2.17. The largest absolute Gasteiger partial charge is 0.392 e. The highest BCUT2D eigenvalue weighted by molar-refractivity contribution is 6.30. The van der Waals surface area contributed by atoms with Crippen LogP contribution in [0.25, 0.3) is 0 Å². The third-order valence-electron chi connectivity index (χ3n) is 3.01. The molecule has 3 N–H and O–H groups in total. The van der Waals surface area contributed by atoms with Crippen LogP contribution >= 0.6 is 11.6 Å². The second-order valence-corrected chi connectivity index (χ2v) is 4.80. The van der Waals surface area contributed by atoms with E-state index in [4.69, 9.17) is 17.3 Å². The fourth-order valence-corrected chi connectivity index (χ4v) is 2.30. The maximum absolute atomic E-state index is 11.3. The van der Waals surface area contributed by atoms with E-state index in [0.717, 1.165) is 5.56 Å². The molecule has 0 aromatic heterocycles. The van der Waals surface area contributed by atoms with Gasteiger partial charge in [-0.15, -0.1) is 0 Å². The van der Waals surface area contributed by atoms with Crippen molar-refractivity contribution in [3.63, 3.8) is 0 Å². The van der Waals surface area contributed by atoms with Crippen LogP contribution in [0.15, 0.2) is 24.3 Å². The highest BCUT2D eigenvalue weighted by Gasteiger charge is 2.34. The molecule has 0 saturated carbocycles. The van der Waals surface area contributed by atoms with Crippen LogP contribution in [-0.4, -0.2) is 34.6 Å². The van der Waals surface area contributed by atoms with E-state index in [1.54, 1.807) is 0 Å². The van der Waals surface area contributed by atoms with E-state index in [-0.39, 0.29) is 11.9 Å². The molecule has 0 spiro atoms. The zero-order valence-corrected chi connectivity index (χ0v) is 10.1. The Kier molecular flexibility index (Phi) is 3.66. The minimum Gasteiger partial charge on any atom is -0.392 e. The van der Waals surface area contributed by atoms with E-state index in [9.17, 15) is 9.90 Å². The Balaban J connectivity index is 2.07. The number of amides is 1. The predicted octanol–water partition coefficient (Wildman–Crippen LogP) is 0.761. The van der Waals surface area contributed by atoms with Crippen molar-refractivity contribution >= 4 is 17.5 Å². The van der Waals surface area contributed by atoms with Gasteiger partial charge in [-0.2, -0.15) is 0 Å². The van der Waals surface area contributed by atoms with E-state index in [2.05, 4.69) is 0 Å². The first-order valence-corrected chi connectivity index (χ1v) is 5.90. The molecule has 0 aliphatic carbocycles. The summed E-state index contributed by atoms with van der Waals surface area (Å²) in [5.41, 5.74) is 6.37. The number of nitrogens with zero attached hydrogens (tertiary/aromatic N) is 1. The quantitative estimate of drug-likeness (QED) is 0.837. The monoisotopic (exact) mass is 254 g/mol. The second-order valence-electron chi connectivity index (χ2n) is 4.36. The van der Waals surface area contributed by atoms with Crippen molar-refractivity contribution in [1.82, 2.24) is 4.90 Å². The summed E-state index contributed by atoms with van der Waals surface area (Å²) in [5, 5.41) is 10.3. The summed E-state index contributed by atoms with van der Waals surface area (Å²) < 4.78 is 0. The van der Waals surface area contributed by atoms with Crippen molar-refractivity contribution < 1.29 is 9.90 Å². The molecule has 0 unspecified atom stereocenters. The van der Waals surface area contributed by atoms with Crippen LogP contribution in [0.2, 0.25) is 5.02 Å². The topological polar surface area (TPSA) is 66.6 Å². The van der Waals surface area contributed by atoms with Gasteiger partial charge < -0.3 is 10.8 Å². The first-order chi connectivity index (χ1) is 8.06. The number of benzene rings is 1. The Labute approximate surface area is 105 Å². The number of carbonyl (C=O) groups excluding carboxylic acids is 1. The Morgan fingerprint density at radius 2 is 2.12 bits per heavy atom. The normalized spacial score (nSPS) is 25.1. The van der Waals surface area contributed by atoms with Crippen molar-refractivity contribution in [2.45, 2.75) is 25.1 Å². The van der Waals surface area contributed by atoms with E-state index in [0.29, 0.717) is 24.5 Å². The Bertz CT molecular complexity index is 407. The first-order valence-electron chi connectivity index (χ1n) is 5.52. The molecule has 2 atom stereocenters. The average molecular weight is 255 g/mol. The highest BCUT2D eigenvalue weighted by Crippen LogP contribution is 2.21. The van der Waals surface area contributed by atoms with Gasteiger partial charge in [0.1, 0.15) is 0 Å². The molecular weight excluding hydrogens is 240 g/mol. The number of rotatable bonds is 3. The molecule has 5 heteroatoms. The number of aliphatic hydroxyl groups excluding tert-OH is 1. The second kappa shape index (κ2) is 5.04. The van der Waals surface area contributed by atoms with Gasteiger partial charge in [0.2, 0.25) is 5.91 Å². The lowest BCUT2D eigenvalue weighted by molar-refractivity contribution is -0.122. The summed E-state index contributed by atoms with van der Waals surface area (Å²) in [6.07, 6.45) is -0.0528. The number of nitrogens with two attached hydrogens (primary N) is 1. The van der Waals surface area contributed by atoms with Crippen LogP contribution in [0, 0.1) is 0 Å². The third kappa shape index (κ3) is 2.97. The van der Waals surface area contributed by atoms with Gasteiger partial charge in [-0.1, -0.05) is 23.7 Å². The molecule has 0 bridgehead atoms. The lowest BCUT2D eigenvalue weighted by atomic mass is 10.1. The van der Waals surface area contributed by atoms with Crippen LogP contribution in [0.3, 0.4) is 0 Å². The zero-order valence-electron chi connectivity index (χ0n) is 9.34. The maximum atomic E-state index is 11.3. The molecule has 17 heavy (non-hydrogen) atoms. The third-order valence-corrected chi connectivity index (χ3v) is 3.26. The van der Waals surface area contributed by atoms with Crippen molar-refractivity contribution in [3.05, 3.63) is 34.9 Å². The fraction of sp³-hybridized carbons (Fsp3) is 0.417. The zero-order chi connectivity index (χ0) is 12.4. The van der Waals surface area contributed by atoms with E-state index >= 15 is 0 Å². The molecule has 92 valence electrons. The molecule has 2 rings (SSSR count). The molecule has 1 heterocycles. The number of β-amino-alcohol motifs (C(OH)–C–C–N with tert-alkyl or cyclic N) is 1. The van der Waals surface area contributed by atoms with Crippen molar-refractivity contribution in [3.8, 4) is 0 Å². The molecule has 0 radical (unpaired) electrons. The van der Waals surface area contributed by atoms with Crippen LogP contribution in [-0.2, 0) is 11.3 Å². The minimum absolute atomic E-state index is 0.374. The lowest BCUT2D eigenvalue weighted by Gasteiger charge is -2.21. The molecule has 1 aliphatic heterocycles. The molecule has 1 aromatic rings. The highest BCUT2D eigenvalue weighted by atomic mass is 35.5. The number of likely N-dealkylation sites (tertiary alicyclic amines) is 1. The van der Waals surface area contributed by atoms with Gasteiger partial charge >= 0.3 is 0 Å². The molecular formula is C12H15ClN2O2. The summed E-state index contributed by atoms with van der Waals surface area (Å²) in [7, 11) is 0. The lowest BCUT2D eigenvalue weighted by Crippen LogP contribution is -2.39.